The number of hydrogen-bond acceptors (Lipinski definition) is 6. The Morgan fingerprint density at radius 1 is 1.11 bits per heavy atom. The van der Waals surface area contributed by atoms with Gasteiger partial charge in [-0.25, -0.2) is 4.98 Å². The minimum Gasteiger partial charge on any atom is -0.397 e. The maximum atomic E-state index is 11.6. The Kier molecular flexibility index (Phi) is 2.03. The smallest absolute Gasteiger partial charge is 0.278 e. The van der Waals surface area contributed by atoms with E-state index < -0.39 is 0 Å². The predicted molar refractivity (Wildman–Crippen MR) is 66.6 cm³/mol. The average molecular weight is 243 g/mol. The van der Waals surface area contributed by atoms with Gasteiger partial charge in [0.25, 0.3) is 5.56 Å². The molecule has 0 fully saturated rings. The van der Waals surface area contributed by atoms with Crippen LogP contribution in [0.15, 0.2) is 23.1 Å². The van der Waals surface area contributed by atoms with Gasteiger partial charge in [0.15, 0.2) is 17.0 Å². The molecule has 0 aliphatic heterocycles. The second-order valence-corrected chi connectivity index (χ2v) is 3.71. The molecular weight excluding hydrogens is 234 g/mol. The highest BCUT2D eigenvalue weighted by Gasteiger charge is 2.10. The number of nitrogen functional groups attached to an aromatic ring is 2. The Bertz CT molecular complexity index is 771. The minimum atomic E-state index is -0.369. The fourth-order valence-electron chi connectivity index (χ4n) is 1.59. The maximum absolute atomic E-state index is 11.6. The fourth-order valence-corrected chi connectivity index (χ4v) is 1.59. The molecule has 0 saturated heterocycles. The van der Waals surface area contributed by atoms with Gasteiger partial charge in [0.1, 0.15) is 5.69 Å². The average Bonchev–Trinajstić information content (AvgIpc) is 2.74. The summed E-state index contributed by atoms with van der Waals surface area (Å²) >= 11 is 0. The molecule has 0 radical (unpaired) electrons. The van der Waals surface area contributed by atoms with Crippen molar-refractivity contribution >= 4 is 22.8 Å². The number of aromatic amines is 2. The van der Waals surface area contributed by atoms with E-state index in [2.05, 4.69) is 24.9 Å². The van der Waals surface area contributed by atoms with Crippen molar-refractivity contribution in [1.29, 1.82) is 0 Å². The van der Waals surface area contributed by atoms with Crippen LogP contribution in [-0.4, -0.2) is 24.9 Å². The van der Waals surface area contributed by atoms with Gasteiger partial charge in [-0.2, -0.15) is 4.98 Å². The van der Waals surface area contributed by atoms with Crippen LogP contribution in [0.25, 0.3) is 22.7 Å². The molecule has 3 aromatic rings. The first-order valence-electron chi connectivity index (χ1n) is 5.11. The summed E-state index contributed by atoms with van der Waals surface area (Å²) in [6.45, 7) is 0. The summed E-state index contributed by atoms with van der Waals surface area (Å²) in [6, 6.07) is 3.39. The van der Waals surface area contributed by atoms with Crippen molar-refractivity contribution < 1.29 is 0 Å². The van der Waals surface area contributed by atoms with Gasteiger partial charge in [-0.3, -0.25) is 14.8 Å². The number of fused-ring (bicyclic) bond motifs is 1. The summed E-state index contributed by atoms with van der Waals surface area (Å²) in [5.41, 5.74) is 12.3. The van der Waals surface area contributed by atoms with Gasteiger partial charge in [-0.1, -0.05) is 0 Å². The number of nitrogens with two attached hydrogens (primary N) is 2. The van der Waals surface area contributed by atoms with Crippen LogP contribution in [0.1, 0.15) is 0 Å². The first kappa shape index (κ1) is 10.3. The normalized spacial score (nSPS) is 10.9. The summed E-state index contributed by atoms with van der Waals surface area (Å²) < 4.78 is 0. The second kappa shape index (κ2) is 3.55. The van der Waals surface area contributed by atoms with Crippen molar-refractivity contribution in [3.05, 3.63) is 28.7 Å². The van der Waals surface area contributed by atoms with Crippen molar-refractivity contribution in [2.45, 2.75) is 0 Å². The number of H-pyrrole nitrogens is 2. The highest BCUT2D eigenvalue weighted by Crippen LogP contribution is 2.16. The Labute approximate surface area is 100 Å². The molecule has 18 heavy (non-hydrogen) atoms. The highest BCUT2D eigenvalue weighted by molar-refractivity contribution is 5.75. The topological polar surface area (TPSA) is 139 Å². The quantitative estimate of drug-likeness (QED) is 0.469. The minimum absolute atomic E-state index is 0.0239. The Morgan fingerprint density at radius 2 is 1.94 bits per heavy atom. The van der Waals surface area contributed by atoms with Crippen molar-refractivity contribution in [1.82, 2.24) is 24.9 Å². The SMILES string of the molecule is Nc1ccc(-c2nc3nc(N)[nH]c(=O)c3[nH]2)nc1. The van der Waals surface area contributed by atoms with Crippen LogP contribution in [0.3, 0.4) is 0 Å². The van der Waals surface area contributed by atoms with Gasteiger partial charge in [0, 0.05) is 0 Å². The van der Waals surface area contributed by atoms with Gasteiger partial charge >= 0.3 is 0 Å². The summed E-state index contributed by atoms with van der Waals surface area (Å²) in [4.78, 5) is 29.0. The van der Waals surface area contributed by atoms with Crippen LogP contribution >= 0.6 is 0 Å². The number of pyridine rings is 1. The number of anilines is 2. The summed E-state index contributed by atoms with van der Waals surface area (Å²) in [6.07, 6.45) is 1.51. The maximum Gasteiger partial charge on any atom is 0.278 e. The molecule has 0 unspecified atom stereocenters. The third-order valence-corrected chi connectivity index (χ3v) is 2.41. The molecular formula is C10H9N7O. The van der Waals surface area contributed by atoms with Crippen molar-refractivity contribution in [2.75, 3.05) is 11.5 Å². The summed E-state index contributed by atoms with van der Waals surface area (Å²) in [5.74, 6) is 0.462. The number of imidazole rings is 1. The molecule has 3 aromatic heterocycles. The monoisotopic (exact) mass is 243 g/mol. The van der Waals surface area contributed by atoms with E-state index in [-0.39, 0.29) is 22.7 Å². The van der Waals surface area contributed by atoms with Gasteiger partial charge in [0.2, 0.25) is 5.95 Å². The molecule has 0 amide bonds. The lowest BCUT2D eigenvalue weighted by Gasteiger charge is -1.95. The second-order valence-electron chi connectivity index (χ2n) is 3.71. The first-order valence-corrected chi connectivity index (χ1v) is 5.11. The van der Waals surface area contributed by atoms with E-state index in [1.165, 1.54) is 6.20 Å². The molecule has 8 nitrogen and oxygen atoms in total. The van der Waals surface area contributed by atoms with Crippen LogP contribution < -0.4 is 17.0 Å². The third kappa shape index (κ3) is 1.56. The lowest BCUT2D eigenvalue weighted by molar-refractivity contribution is 1.17. The van der Waals surface area contributed by atoms with Gasteiger partial charge in [-0.05, 0) is 12.1 Å². The number of aromatic nitrogens is 5. The van der Waals surface area contributed by atoms with Crippen LogP contribution in [-0.2, 0) is 0 Å². The number of nitrogens with zero attached hydrogens (tertiary/aromatic N) is 3. The van der Waals surface area contributed by atoms with E-state index in [1.54, 1.807) is 12.1 Å². The molecule has 3 rings (SSSR count). The van der Waals surface area contributed by atoms with E-state index in [0.29, 0.717) is 17.2 Å². The van der Waals surface area contributed by atoms with Gasteiger partial charge in [0.05, 0.1) is 11.9 Å². The standard InChI is InChI=1S/C10H9N7O/c11-4-1-2-5(13-3-4)7-14-6-8(15-7)16-10(12)17-9(6)18/h1-3H,11H2,(H4,12,14,15,16,17,18). The first-order chi connectivity index (χ1) is 8.63. The zero-order valence-corrected chi connectivity index (χ0v) is 9.14. The highest BCUT2D eigenvalue weighted by atomic mass is 16.1. The fraction of sp³-hybridized carbons (Fsp3) is 0. The third-order valence-electron chi connectivity index (χ3n) is 2.41. The lowest BCUT2D eigenvalue weighted by Crippen LogP contribution is -2.10. The molecule has 0 spiro atoms. The van der Waals surface area contributed by atoms with Crippen molar-refractivity contribution in [3.8, 4) is 11.5 Å². The van der Waals surface area contributed by atoms with E-state index >= 15 is 0 Å². The summed E-state index contributed by atoms with van der Waals surface area (Å²) in [5, 5.41) is 0. The molecule has 90 valence electrons. The number of rotatable bonds is 1. The molecule has 0 bridgehead atoms. The van der Waals surface area contributed by atoms with Crippen LogP contribution in [0, 0.1) is 0 Å². The van der Waals surface area contributed by atoms with E-state index in [1.807, 2.05) is 0 Å². The lowest BCUT2D eigenvalue weighted by atomic mass is 10.3. The van der Waals surface area contributed by atoms with E-state index in [9.17, 15) is 4.79 Å². The van der Waals surface area contributed by atoms with Gasteiger partial charge < -0.3 is 16.5 Å². The molecule has 0 aliphatic rings. The molecule has 6 N–H and O–H groups in total. The predicted octanol–water partition coefficient (Wildman–Crippen LogP) is -0.127. The van der Waals surface area contributed by atoms with Gasteiger partial charge in [-0.15, -0.1) is 0 Å². The van der Waals surface area contributed by atoms with E-state index in [4.69, 9.17) is 11.5 Å². The summed E-state index contributed by atoms with van der Waals surface area (Å²) in [7, 11) is 0. The molecule has 3 heterocycles. The zero-order valence-electron chi connectivity index (χ0n) is 9.14. The zero-order chi connectivity index (χ0) is 12.7. The van der Waals surface area contributed by atoms with Crippen molar-refractivity contribution in [2.24, 2.45) is 0 Å². The van der Waals surface area contributed by atoms with E-state index in [0.717, 1.165) is 0 Å². The van der Waals surface area contributed by atoms with Crippen LogP contribution in [0.2, 0.25) is 0 Å². The molecule has 8 heteroatoms. The molecule has 0 atom stereocenters. The molecule has 0 saturated carbocycles. The molecule has 0 aromatic carbocycles. The van der Waals surface area contributed by atoms with Crippen LogP contribution in [0.4, 0.5) is 11.6 Å². The number of nitrogens with one attached hydrogen (secondary N) is 2. The van der Waals surface area contributed by atoms with Crippen LogP contribution in [0.5, 0.6) is 0 Å². The Hall–Kier alpha value is -2.90. The molecule has 0 aliphatic carbocycles. The number of hydrogen-bond donors (Lipinski definition) is 4. The Balaban J connectivity index is 2.22. The largest absolute Gasteiger partial charge is 0.397 e. The Morgan fingerprint density at radius 3 is 2.67 bits per heavy atom. The van der Waals surface area contributed by atoms with Crippen molar-refractivity contribution in [3.63, 3.8) is 0 Å².